The van der Waals surface area contributed by atoms with Gasteiger partial charge in [0.05, 0.1) is 24.2 Å². The molecule has 34 heavy (non-hydrogen) atoms. The molecule has 0 amide bonds. The van der Waals surface area contributed by atoms with Gasteiger partial charge in [-0.2, -0.15) is 0 Å². The summed E-state index contributed by atoms with van der Waals surface area (Å²) in [6, 6.07) is 9.16. The maximum atomic E-state index is 6.78. The van der Waals surface area contributed by atoms with Crippen LogP contribution >= 0.6 is 0 Å². The third-order valence-corrected chi connectivity index (χ3v) is 7.01. The standard InChI is InChI=1S/C31H56O3/c1-9-14-15-16-17-18-20-30(29-23-21-28(19-10-2)22-24-29)31(32-25(6)11-3,33-26(7)12-4)34-27(8)13-5/h21-27,30H,9-20H2,1-8H3. The molecule has 0 aliphatic heterocycles. The second-order valence-electron chi connectivity index (χ2n) is 10.2. The quantitative estimate of drug-likeness (QED) is 0.138. The minimum atomic E-state index is -1.07. The number of unbranched alkanes of at least 4 members (excludes halogenated alkanes) is 5. The van der Waals surface area contributed by atoms with Crippen LogP contribution in [0.15, 0.2) is 24.3 Å². The fraction of sp³-hybridized carbons (Fsp3) is 0.806. The van der Waals surface area contributed by atoms with Crippen molar-refractivity contribution in [2.75, 3.05) is 0 Å². The Balaban J connectivity index is 3.38. The van der Waals surface area contributed by atoms with Gasteiger partial charge in [0.2, 0.25) is 0 Å². The molecule has 0 N–H and O–H groups in total. The van der Waals surface area contributed by atoms with E-state index >= 15 is 0 Å². The molecule has 3 heteroatoms. The number of aryl methyl sites for hydroxylation is 1. The van der Waals surface area contributed by atoms with E-state index in [1.807, 2.05) is 0 Å². The first-order valence-corrected chi connectivity index (χ1v) is 14.5. The molecule has 1 aromatic rings. The lowest BCUT2D eigenvalue weighted by atomic mass is 9.89. The fourth-order valence-electron chi connectivity index (χ4n) is 4.30. The largest absolute Gasteiger partial charge is 0.324 e. The smallest absolute Gasteiger partial charge is 0.290 e. The second kappa shape index (κ2) is 17.5. The van der Waals surface area contributed by atoms with Crippen LogP contribution in [0.3, 0.4) is 0 Å². The van der Waals surface area contributed by atoms with Gasteiger partial charge in [-0.05, 0) is 64.0 Å². The molecule has 1 aromatic carbocycles. The van der Waals surface area contributed by atoms with Crippen molar-refractivity contribution in [2.45, 2.75) is 163 Å². The first-order chi connectivity index (χ1) is 16.3. The summed E-state index contributed by atoms with van der Waals surface area (Å²) >= 11 is 0. The molecule has 0 heterocycles. The summed E-state index contributed by atoms with van der Waals surface area (Å²) in [6.07, 6.45) is 13.9. The van der Waals surface area contributed by atoms with Gasteiger partial charge in [-0.25, -0.2) is 0 Å². The summed E-state index contributed by atoms with van der Waals surface area (Å²) in [5.74, 6) is -1.04. The van der Waals surface area contributed by atoms with Gasteiger partial charge < -0.3 is 14.2 Å². The minimum Gasteiger partial charge on any atom is -0.324 e. The van der Waals surface area contributed by atoms with Crippen LogP contribution in [0.1, 0.15) is 143 Å². The number of rotatable bonds is 20. The Labute approximate surface area is 212 Å². The molecule has 3 nitrogen and oxygen atoms in total. The lowest BCUT2D eigenvalue weighted by Crippen LogP contribution is -2.50. The molecule has 0 radical (unpaired) electrons. The summed E-state index contributed by atoms with van der Waals surface area (Å²) < 4.78 is 20.3. The Morgan fingerprint density at radius 1 is 0.618 bits per heavy atom. The number of ether oxygens (including phenoxy) is 3. The molecule has 198 valence electrons. The molecule has 0 fully saturated rings. The first kappa shape index (κ1) is 31.1. The van der Waals surface area contributed by atoms with Crippen LogP contribution in [0.4, 0.5) is 0 Å². The van der Waals surface area contributed by atoms with E-state index in [-0.39, 0.29) is 24.2 Å². The lowest BCUT2D eigenvalue weighted by Gasteiger charge is -2.44. The molecule has 4 unspecified atom stereocenters. The molecule has 0 aliphatic rings. The molecule has 0 aromatic heterocycles. The summed E-state index contributed by atoms with van der Waals surface area (Å²) in [5, 5.41) is 0. The van der Waals surface area contributed by atoms with Gasteiger partial charge in [-0.15, -0.1) is 0 Å². The van der Waals surface area contributed by atoms with Crippen LogP contribution in [0.2, 0.25) is 0 Å². The van der Waals surface area contributed by atoms with Gasteiger partial charge in [0, 0.05) is 0 Å². The summed E-state index contributed by atoms with van der Waals surface area (Å²) in [6.45, 7) is 17.4. The van der Waals surface area contributed by atoms with E-state index in [1.54, 1.807) is 0 Å². The molecule has 0 aliphatic carbocycles. The lowest BCUT2D eigenvalue weighted by molar-refractivity contribution is -0.424. The third kappa shape index (κ3) is 10.8. The predicted octanol–water partition coefficient (Wildman–Crippen LogP) is 9.57. The van der Waals surface area contributed by atoms with E-state index in [0.29, 0.717) is 0 Å². The molecule has 0 spiro atoms. The van der Waals surface area contributed by atoms with Crippen molar-refractivity contribution < 1.29 is 14.2 Å². The van der Waals surface area contributed by atoms with Crippen molar-refractivity contribution in [1.29, 1.82) is 0 Å². The van der Waals surface area contributed by atoms with Crippen molar-refractivity contribution in [1.82, 2.24) is 0 Å². The van der Waals surface area contributed by atoms with E-state index in [9.17, 15) is 0 Å². The van der Waals surface area contributed by atoms with Crippen molar-refractivity contribution in [3.8, 4) is 0 Å². The van der Waals surface area contributed by atoms with Gasteiger partial charge in [0.1, 0.15) is 0 Å². The average molecular weight is 477 g/mol. The highest BCUT2D eigenvalue weighted by molar-refractivity contribution is 5.27. The van der Waals surface area contributed by atoms with Crippen molar-refractivity contribution in [3.05, 3.63) is 35.4 Å². The van der Waals surface area contributed by atoms with Crippen LogP contribution < -0.4 is 0 Å². The topological polar surface area (TPSA) is 27.7 Å². The molecule has 4 atom stereocenters. The monoisotopic (exact) mass is 476 g/mol. The van der Waals surface area contributed by atoms with Gasteiger partial charge in [-0.3, -0.25) is 0 Å². The zero-order valence-electron chi connectivity index (χ0n) is 23.8. The van der Waals surface area contributed by atoms with E-state index < -0.39 is 5.97 Å². The number of hydrogen-bond acceptors (Lipinski definition) is 3. The molecular weight excluding hydrogens is 420 g/mol. The molecular formula is C31H56O3. The maximum absolute atomic E-state index is 6.78. The Morgan fingerprint density at radius 2 is 1.09 bits per heavy atom. The predicted molar refractivity (Wildman–Crippen MR) is 146 cm³/mol. The highest BCUT2D eigenvalue weighted by atomic mass is 16.9. The Hall–Kier alpha value is -0.900. The zero-order chi connectivity index (χ0) is 25.4. The number of benzene rings is 1. The van der Waals surface area contributed by atoms with Gasteiger partial charge in [0.25, 0.3) is 5.97 Å². The van der Waals surface area contributed by atoms with Crippen molar-refractivity contribution in [2.24, 2.45) is 0 Å². The van der Waals surface area contributed by atoms with Gasteiger partial charge in [-0.1, -0.05) is 104 Å². The van der Waals surface area contributed by atoms with E-state index in [0.717, 1.165) is 44.9 Å². The molecule has 1 rings (SSSR count). The molecule has 0 saturated carbocycles. The Morgan fingerprint density at radius 3 is 1.53 bits per heavy atom. The van der Waals surface area contributed by atoms with Crippen LogP contribution in [0, 0.1) is 0 Å². The maximum Gasteiger partial charge on any atom is 0.290 e. The SMILES string of the molecule is CCCCCCCCC(c1ccc(CCC)cc1)C(OC(C)CC)(OC(C)CC)OC(C)CC. The van der Waals surface area contributed by atoms with Crippen LogP contribution in [0.5, 0.6) is 0 Å². The van der Waals surface area contributed by atoms with Crippen LogP contribution in [0.25, 0.3) is 0 Å². The molecule has 0 bridgehead atoms. The summed E-state index contributed by atoms with van der Waals surface area (Å²) in [5.41, 5.74) is 2.66. The average Bonchev–Trinajstić information content (AvgIpc) is 2.84. The van der Waals surface area contributed by atoms with E-state index in [2.05, 4.69) is 79.7 Å². The normalized spacial score (nSPS) is 17.2. The highest BCUT2D eigenvalue weighted by Crippen LogP contribution is 2.42. The fourth-order valence-corrected chi connectivity index (χ4v) is 4.30. The second-order valence-corrected chi connectivity index (χ2v) is 10.2. The summed E-state index contributed by atoms with van der Waals surface area (Å²) in [7, 11) is 0. The van der Waals surface area contributed by atoms with Crippen LogP contribution in [-0.4, -0.2) is 24.3 Å². The van der Waals surface area contributed by atoms with E-state index in [1.165, 1.54) is 43.2 Å². The Bertz CT molecular complexity index is 580. The van der Waals surface area contributed by atoms with Gasteiger partial charge in [0.15, 0.2) is 0 Å². The zero-order valence-corrected chi connectivity index (χ0v) is 23.8. The third-order valence-electron chi connectivity index (χ3n) is 7.01. The Kier molecular flexibility index (Phi) is 16.0. The number of hydrogen-bond donors (Lipinski definition) is 0. The highest BCUT2D eigenvalue weighted by Gasteiger charge is 2.46. The minimum absolute atomic E-state index is 0.0337. The molecule has 0 saturated heterocycles. The van der Waals surface area contributed by atoms with Crippen molar-refractivity contribution >= 4 is 0 Å². The van der Waals surface area contributed by atoms with Gasteiger partial charge >= 0.3 is 0 Å². The first-order valence-electron chi connectivity index (χ1n) is 14.5. The van der Waals surface area contributed by atoms with Crippen LogP contribution in [-0.2, 0) is 20.6 Å². The van der Waals surface area contributed by atoms with Crippen molar-refractivity contribution in [3.63, 3.8) is 0 Å². The van der Waals surface area contributed by atoms with E-state index in [4.69, 9.17) is 14.2 Å². The summed E-state index contributed by atoms with van der Waals surface area (Å²) in [4.78, 5) is 0.